The summed E-state index contributed by atoms with van der Waals surface area (Å²) in [7, 11) is -0.659. The van der Waals surface area contributed by atoms with Crippen molar-refractivity contribution in [3.63, 3.8) is 0 Å². The lowest BCUT2D eigenvalue weighted by Gasteiger charge is -2.21. The van der Waals surface area contributed by atoms with Crippen LogP contribution >= 0.6 is 11.6 Å². The zero-order valence-corrected chi connectivity index (χ0v) is 18.4. The van der Waals surface area contributed by atoms with E-state index in [0.717, 1.165) is 11.8 Å². The Morgan fingerprint density at radius 2 is 2.00 bits per heavy atom. The summed E-state index contributed by atoms with van der Waals surface area (Å²) in [5, 5.41) is 2.49. The molecule has 3 rings (SSSR count). The molecule has 0 bridgehead atoms. The summed E-state index contributed by atoms with van der Waals surface area (Å²) in [6.07, 6.45) is -3.11. The first kappa shape index (κ1) is 23.1. The van der Waals surface area contributed by atoms with Gasteiger partial charge in [-0.05, 0) is 37.6 Å². The molecule has 166 valence electrons. The maximum atomic E-state index is 13.5. The van der Waals surface area contributed by atoms with Crippen LogP contribution in [-0.2, 0) is 17.2 Å². The van der Waals surface area contributed by atoms with Crippen molar-refractivity contribution in [3.8, 4) is 0 Å². The first-order valence-electron chi connectivity index (χ1n) is 9.17. The van der Waals surface area contributed by atoms with Gasteiger partial charge in [-0.15, -0.1) is 0 Å². The number of aromatic nitrogens is 5. The fourth-order valence-electron chi connectivity index (χ4n) is 2.81. The third-order valence-corrected chi connectivity index (χ3v) is 6.11. The van der Waals surface area contributed by atoms with E-state index in [1.807, 2.05) is 6.92 Å². The minimum atomic E-state index is -4.69. The number of pyridine rings is 1. The molecule has 0 fully saturated rings. The van der Waals surface area contributed by atoms with Gasteiger partial charge >= 0.3 is 6.18 Å². The van der Waals surface area contributed by atoms with E-state index in [2.05, 4.69) is 25.3 Å². The summed E-state index contributed by atoms with van der Waals surface area (Å²) >= 11 is 5.81. The SMILES string of the molecule is CCS(=N)c1ccc(CNc2nc3c(C)nc(Cl)nc3n([C@@H](C)C(F)(F)F)c2=O)nc1. The molecule has 0 aliphatic rings. The van der Waals surface area contributed by atoms with Gasteiger partial charge in [0.25, 0.3) is 5.56 Å². The number of hydrogen-bond acceptors (Lipinski definition) is 7. The molecule has 0 saturated carbocycles. The topological polar surface area (TPSA) is 109 Å². The maximum Gasteiger partial charge on any atom is 0.409 e. The molecule has 13 heteroatoms. The van der Waals surface area contributed by atoms with Crippen molar-refractivity contribution in [1.29, 1.82) is 4.78 Å². The minimum absolute atomic E-state index is 0.0344. The number of fused-ring (bicyclic) bond motifs is 1. The van der Waals surface area contributed by atoms with Crippen LogP contribution in [0.4, 0.5) is 19.0 Å². The maximum absolute atomic E-state index is 13.5. The average Bonchev–Trinajstić information content (AvgIpc) is 2.71. The zero-order chi connectivity index (χ0) is 22.9. The van der Waals surface area contributed by atoms with Gasteiger partial charge in [0.05, 0.1) is 17.9 Å². The van der Waals surface area contributed by atoms with Crippen molar-refractivity contribution in [2.45, 2.75) is 44.4 Å². The van der Waals surface area contributed by atoms with E-state index in [1.165, 1.54) is 6.92 Å². The molecular formula is C18H19ClF3N7OS. The molecule has 0 amide bonds. The third kappa shape index (κ3) is 4.85. The van der Waals surface area contributed by atoms with E-state index in [0.29, 0.717) is 16.0 Å². The van der Waals surface area contributed by atoms with E-state index in [4.69, 9.17) is 16.4 Å². The summed E-state index contributed by atoms with van der Waals surface area (Å²) in [6.45, 7) is 4.34. The summed E-state index contributed by atoms with van der Waals surface area (Å²) < 4.78 is 48.8. The molecule has 0 aromatic carbocycles. The first-order valence-corrected chi connectivity index (χ1v) is 10.9. The van der Waals surface area contributed by atoms with Crippen LogP contribution in [0.1, 0.15) is 31.3 Å². The second kappa shape index (κ2) is 8.87. The molecule has 0 saturated heterocycles. The lowest BCUT2D eigenvalue weighted by atomic mass is 10.3. The zero-order valence-electron chi connectivity index (χ0n) is 16.8. The number of rotatable bonds is 6. The molecule has 8 nitrogen and oxygen atoms in total. The largest absolute Gasteiger partial charge is 0.409 e. The van der Waals surface area contributed by atoms with E-state index < -0.39 is 28.5 Å². The highest BCUT2D eigenvalue weighted by atomic mass is 35.5. The Hall–Kier alpha value is -2.60. The van der Waals surface area contributed by atoms with Crippen LogP contribution in [0, 0.1) is 11.7 Å². The monoisotopic (exact) mass is 473 g/mol. The van der Waals surface area contributed by atoms with Crippen LogP contribution in [0.25, 0.3) is 11.2 Å². The van der Waals surface area contributed by atoms with Crippen LogP contribution in [0.15, 0.2) is 28.0 Å². The molecule has 2 atom stereocenters. The van der Waals surface area contributed by atoms with E-state index >= 15 is 0 Å². The summed E-state index contributed by atoms with van der Waals surface area (Å²) in [5.41, 5.74) is -0.459. The predicted octanol–water partition coefficient (Wildman–Crippen LogP) is 4.04. The van der Waals surface area contributed by atoms with E-state index in [-0.39, 0.29) is 34.5 Å². The molecule has 1 unspecified atom stereocenters. The van der Waals surface area contributed by atoms with Gasteiger partial charge < -0.3 is 5.32 Å². The predicted molar refractivity (Wildman–Crippen MR) is 113 cm³/mol. The van der Waals surface area contributed by atoms with Gasteiger partial charge in [0, 0.05) is 16.8 Å². The van der Waals surface area contributed by atoms with Gasteiger partial charge in [0.2, 0.25) is 5.28 Å². The normalized spacial score (nSPS) is 13.9. The molecule has 0 spiro atoms. The summed E-state index contributed by atoms with van der Waals surface area (Å²) in [6, 6.07) is 1.30. The summed E-state index contributed by atoms with van der Waals surface area (Å²) in [5.74, 6) is 0.389. The Kier molecular flexibility index (Phi) is 6.60. The van der Waals surface area contributed by atoms with Gasteiger partial charge in [-0.25, -0.2) is 9.97 Å². The van der Waals surface area contributed by atoms with E-state index in [9.17, 15) is 18.0 Å². The number of halogens is 4. The third-order valence-electron chi connectivity index (χ3n) is 4.55. The molecule has 2 N–H and O–H groups in total. The molecule has 0 aliphatic carbocycles. The van der Waals surface area contributed by atoms with E-state index in [1.54, 1.807) is 18.3 Å². The van der Waals surface area contributed by atoms with Gasteiger partial charge in [0.1, 0.15) is 11.6 Å². The quantitative estimate of drug-likeness (QED) is 0.523. The summed E-state index contributed by atoms with van der Waals surface area (Å²) in [4.78, 5) is 29.8. The van der Waals surface area contributed by atoms with Gasteiger partial charge in [-0.1, -0.05) is 17.6 Å². The Labute approximate surface area is 182 Å². The second-order valence-corrected chi connectivity index (χ2v) is 8.79. The number of hydrogen-bond donors (Lipinski definition) is 2. The van der Waals surface area contributed by atoms with Crippen molar-refractivity contribution in [2.75, 3.05) is 11.1 Å². The van der Waals surface area contributed by atoms with Crippen LogP contribution < -0.4 is 10.9 Å². The van der Waals surface area contributed by atoms with Crippen molar-refractivity contribution < 1.29 is 13.2 Å². The second-order valence-electron chi connectivity index (χ2n) is 6.62. The van der Waals surface area contributed by atoms with Crippen molar-refractivity contribution in [3.05, 3.63) is 45.4 Å². The highest BCUT2D eigenvalue weighted by Crippen LogP contribution is 2.31. The highest BCUT2D eigenvalue weighted by Gasteiger charge is 2.39. The van der Waals surface area contributed by atoms with Gasteiger partial charge in [0.15, 0.2) is 11.5 Å². The molecule has 3 aromatic heterocycles. The molecule has 3 heterocycles. The van der Waals surface area contributed by atoms with Gasteiger partial charge in [-0.3, -0.25) is 19.1 Å². The fraction of sp³-hybridized carbons (Fsp3) is 0.389. The van der Waals surface area contributed by atoms with Crippen LogP contribution in [0.3, 0.4) is 0 Å². The number of anilines is 1. The Morgan fingerprint density at radius 3 is 2.58 bits per heavy atom. The first-order chi connectivity index (χ1) is 14.5. The van der Waals surface area contributed by atoms with Crippen LogP contribution in [0.2, 0.25) is 5.28 Å². The van der Waals surface area contributed by atoms with Crippen molar-refractivity contribution in [2.24, 2.45) is 0 Å². The van der Waals surface area contributed by atoms with Crippen LogP contribution in [-0.4, -0.2) is 36.4 Å². The number of aryl methyl sites for hydroxylation is 1. The number of nitrogens with zero attached hydrogens (tertiary/aromatic N) is 5. The lowest BCUT2D eigenvalue weighted by molar-refractivity contribution is -0.162. The average molecular weight is 474 g/mol. The van der Waals surface area contributed by atoms with Crippen LogP contribution in [0.5, 0.6) is 0 Å². The standard InChI is InChI=1S/C18H19ClF3N7OS/c1-4-31(23)12-6-5-11(24-8-12)7-25-14-16(30)29(10(3)18(20,21)22)15-13(27-14)9(2)26-17(19)28-15/h5-6,8,10,23H,4,7H2,1-3H3,(H,25,27)/t10-,31?/m0/s1. The molecular weight excluding hydrogens is 455 g/mol. The molecule has 3 aromatic rings. The molecule has 31 heavy (non-hydrogen) atoms. The smallest absolute Gasteiger partial charge is 0.360 e. The Morgan fingerprint density at radius 1 is 1.29 bits per heavy atom. The minimum Gasteiger partial charge on any atom is -0.360 e. The number of alkyl halides is 3. The number of nitrogens with one attached hydrogen (secondary N) is 2. The van der Waals surface area contributed by atoms with Crippen molar-refractivity contribution >= 4 is 39.3 Å². The molecule has 0 radical (unpaired) electrons. The lowest BCUT2D eigenvalue weighted by Crippen LogP contribution is -2.35. The van der Waals surface area contributed by atoms with Gasteiger partial charge in [-0.2, -0.15) is 18.2 Å². The van der Waals surface area contributed by atoms with Crippen molar-refractivity contribution in [1.82, 2.24) is 24.5 Å². The Balaban J connectivity index is 2.04. The molecule has 0 aliphatic heterocycles. The fourth-order valence-corrected chi connectivity index (χ4v) is 3.76. The highest BCUT2D eigenvalue weighted by molar-refractivity contribution is 7.86. The Bertz CT molecular complexity index is 1200.